The normalized spacial score (nSPS) is 13.8. The van der Waals surface area contributed by atoms with Crippen LogP contribution in [0, 0.1) is 13.8 Å². The van der Waals surface area contributed by atoms with Gasteiger partial charge in [0.15, 0.2) is 0 Å². The van der Waals surface area contributed by atoms with E-state index in [4.69, 9.17) is 4.74 Å². The zero-order chi connectivity index (χ0) is 18.4. The van der Waals surface area contributed by atoms with E-state index in [0.29, 0.717) is 12.2 Å². The zero-order valence-electron chi connectivity index (χ0n) is 15.5. The van der Waals surface area contributed by atoms with Crippen molar-refractivity contribution in [2.45, 2.75) is 38.1 Å². The molecule has 1 saturated heterocycles. The van der Waals surface area contributed by atoms with Gasteiger partial charge >= 0.3 is 0 Å². The summed E-state index contributed by atoms with van der Waals surface area (Å²) >= 11 is 1.70. The van der Waals surface area contributed by atoms with E-state index in [2.05, 4.69) is 37.0 Å². The number of benzene rings is 1. The Morgan fingerprint density at radius 3 is 2.54 bits per heavy atom. The summed E-state index contributed by atoms with van der Waals surface area (Å²) in [4.78, 5) is 18.6. The zero-order valence-corrected chi connectivity index (χ0v) is 16.3. The lowest BCUT2D eigenvalue weighted by Gasteiger charge is -2.14. The first kappa shape index (κ1) is 18.8. The molecular formula is C21H26N2O2S. The van der Waals surface area contributed by atoms with E-state index in [1.165, 1.54) is 11.1 Å². The molecule has 1 aliphatic rings. The topological polar surface area (TPSA) is 42.4 Å². The maximum absolute atomic E-state index is 12.3. The summed E-state index contributed by atoms with van der Waals surface area (Å²) in [6.45, 7) is 6.60. The summed E-state index contributed by atoms with van der Waals surface area (Å²) in [7, 11) is 0. The van der Waals surface area contributed by atoms with Gasteiger partial charge in [0.05, 0.1) is 17.2 Å². The van der Waals surface area contributed by atoms with Crippen LogP contribution in [0.15, 0.2) is 41.6 Å². The number of hydrogen-bond donors (Lipinski definition) is 0. The maximum Gasteiger partial charge on any atom is 0.255 e. The number of amides is 1. The van der Waals surface area contributed by atoms with Crippen LogP contribution < -0.4 is 4.74 Å². The van der Waals surface area contributed by atoms with E-state index >= 15 is 0 Å². The predicted octanol–water partition coefficient (Wildman–Crippen LogP) is 4.50. The van der Waals surface area contributed by atoms with E-state index < -0.39 is 0 Å². The lowest BCUT2D eigenvalue weighted by Crippen LogP contribution is -2.27. The molecule has 1 fully saturated rings. The first-order valence-corrected chi connectivity index (χ1v) is 10.2. The van der Waals surface area contributed by atoms with Gasteiger partial charge in [-0.15, -0.1) is 11.8 Å². The summed E-state index contributed by atoms with van der Waals surface area (Å²) < 4.78 is 5.83. The van der Waals surface area contributed by atoms with Gasteiger partial charge in [0.2, 0.25) is 0 Å². The van der Waals surface area contributed by atoms with Gasteiger partial charge in [-0.05, 0) is 68.5 Å². The largest absolute Gasteiger partial charge is 0.494 e. The Labute approximate surface area is 160 Å². The second kappa shape index (κ2) is 9.08. The summed E-state index contributed by atoms with van der Waals surface area (Å²) in [6, 6.07) is 10.1. The molecule has 0 bridgehead atoms. The fraction of sp³-hybridized carbons (Fsp3) is 0.429. The summed E-state index contributed by atoms with van der Waals surface area (Å²) in [6.07, 6.45) is 4.87. The molecule has 26 heavy (non-hydrogen) atoms. The highest BCUT2D eigenvalue weighted by atomic mass is 32.2. The molecule has 0 N–H and O–H groups in total. The summed E-state index contributed by atoms with van der Waals surface area (Å²) in [5.74, 6) is 1.99. The average molecular weight is 371 g/mol. The molecule has 0 spiro atoms. The standard InChI is InChI=1S/C21H26N2O2S/c1-16-12-17(2)14-19(13-16)25-10-5-11-26-20-7-6-18(15-22-20)21(24)23-8-3-4-9-23/h6-7,12-15H,3-5,8-11H2,1-2H3. The molecule has 1 aromatic heterocycles. The predicted molar refractivity (Wildman–Crippen MR) is 106 cm³/mol. The molecule has 0 unspecified atom stereocenters. The second-order valence-electron chi connectivity index (χ2n) is 6.76. The lowest BCUT2D eigenvalue weighted by molar-refractivity contribution is 0.0792. The molecule has 1 amide bonds. The van der Waals surface area contributed by atoms with E-state index in [9.17, 15) is 4.79 Å². The van der Waals surface area contributed by atoms with Crippen LogP contribution in [0.5, 0.6) is 5.75 Å². The number of carbonyl (C=O) groups excluding carboxylic acids is 1. The number of nitrogens with zero attached hydrogens (tertiary/aromatic N) is 2. The van der Waals surface area contributed by atoms with Crippen LogP contribution in [-0.4, -0.2) is 41.2 Å². The van der Waals surface area contributed by atoms with Gasteiger partial charge in [0.1, 0.15) is 5.75 Å². The van der Waals surface area contributed by atoms with Crippen molar-refractivity contribution in [2.24, 2.45) is 0 Å². The van der Waals surface area contributed by atoms with Crippen LogP contribution in [0.3, 0.4) is 0 Å². The number of rotatable bonds is 7. The van der Waals surface area contributed by atoms with Gasteiger partial charge in [-0.1, -0.05) is 6.07 Å². The van der Waals surface area contributed by atoms with E-state index in [-0.39, 0.29) is 5.91 Å². The number of aromatic nitrogens is 1. The first-order chi connectivity index (χ1) is 12.6. The molecule has 1 aliphatic heterocycles. The molecule has 2 heterocycles. The fourth-order valence-electron chi connectivity index (χ4n) is 3.14. The highest BCUT2D eigenvalue weighted by molar-refractivity contribution is 7.99. The van der Waals surface area contributed by atoms with Crippen LogP contribution in [0.4, 0.5) is 0 Å². The Bertz CT molecular complexity index is 720. The average Bonchev–Trinajstić information content (AvgIpc) is 3.15. The van der Waals surface area contributed by atoms with Gasteiger partial charge < -0.3 is 9.64 Å². The van der Waals surface area contributed by atoms with Crippen molar-refractivity contribution in [3.8, 4) is 5.75 Å². The minimum atomic E-state index is 0.105. The number of aryl methyl sites for hydroxylation is 2. The van der Waals surface area contributed by atoms with Crippen LogP contribution in [0.2, 0.25) is 0 Å². The molecule has 0 aliphatic carbocycles. The van der Waals surface area contributed by atoms with Crippen LogP contribution in [0.25, 0.3) is 0 Å². The van der Waals surface area contributed by atoms with Crippen molar-refractivity contribution in [3.05, 3.63) is 53.2 Å². The number of pyridine rings is 1. The Balaban J connectivity index is 1.40. The molecule has 4 nitrogen and oxygen atoms in total. The van der Waals surface area contributed by atoms with E-state index in [0.717, 1.165) is 48.9 Å². The smallest absolute Gasteiger partial charge is 0.255 e. The number of thioether (sulfide) groups is 1. The Kier molecular flexibility index (Phi) is 6.56. The molecule has 138 valence electrons. The third-order valence-corrected chi connectivity index (χ3v) is 5.41. The molecule has 1 aromatic carbocycles. The number of hydrogen-bond acceptors (Lipinski definition) is 4. The number of carbonyl (C=O) groups is 1. The van der Waals surface area contributed by atoms with Crippen molar-refractivity contribution < 1.29 is 9.53 Å². The third kappa shape index (κ3) is 5.24. The van der Waals surface area contributed by atoms with Gasteiger partial charge in [-0.3, -0.25) is 4.79 Å². The molecule has 5 heteroatoms. The molecule has 0 radical (unpaired) electrons. The maximum atomic E-state index is 12.3. The van der Waals surface area contributed by atoms with E-state index in [1.54, 1.807) is 18.0 Å². The molecule has 0 atom stereocenters. The van der Waals surface area contributed by atoms with Crippen molar-refractivity contribution >= 4 is 17.7 Å². The highest BCUT2D eigenvalue weighted by Crippen LogP contribution is 2.20. The minimum absolute atomic E-state index is 0.105. The number of ether oxygens (including phenoxy) is 1. The van der Waals surface area contributed by atoms with Gasteiger partial charge in [0, 0.05) is 25.0 Å². The molecular weight excluding hydrogens is 344 g/mol. The number of likely N-dealkylation sites (tertiary alicyclic amines) is 1. The molecule has 3 rings (SSSR count). The van der Waals surface area contributed by atoms with Crippen molar-refractivity contribution in [1.29, 1.82) is 0 Å². The van der Waals surface area contributed by atoms with Crippen LogP contribution in [0.1, 0.15) is 40.7 Å². The van der Waals surface area contributed by atoms with E-state index in [1.807, 2.05) is 17.0 Å². The fourth-order valence-corrected chi connectivity index (χ4v) is 3.90. The van der Waals surface area contributed by atoms with Gasteiger partial charge in [0.25, 0.3) is 5.91 Å². The monoisotopic (exact) mass is 370 g/mol. The summed E-state index contributed by atoms with van der Waals surface area (Å²) in [5.41, 5.74) is 3.14. The molecule has 2 aromatic rings. The first-order valence-electron chi connectivity index (χ1n) is 9.21. The Morgan fingerprint density at radius 2 is 1.88 bits per heavy atom. The molecule has 0 saturated carbocycles. The van der Waals surface area contributed by atoms with Crippen LogP contribution in [-0.2, 0) is 0 Å². The second-order valence-corrected chi connectivity index (χ2v) is 7.87. The SMILES string of the molecule is Cc1cc(C)cc(OCCCSc2ccc(C(=O)N3CCCC3)cn2)c1. The van der Waals surface area contributed by atoms with Crippen molar-refractivity contribution in [1.82, 2.24) is 9.88 Å². The highest BCUT2D eigenvalue weighted by Gasteiger charge is 2.19. The van der Waals surface area contributed by atoms with Gasteiger partial charge in [-0.25, -0.2) is 4.98 Å². The van der Waals surface area contributed by atoms with Gasteiger partial charge in [-0.2, -0.15) is 0 Å². The minimum Gasteiger partial charge on any atom is -0.494 e. The lowest BCUT2D eigenvalue weighted by atomic mass is 10.1. The van der Waals surface area contributed by atoms with Crippen molar-refractivity contribution in [2.75, 3.05) is 25.4 Å². The Hall–Kier alpha value is -2.01. The third-order valence-electron chi connectivity index (χ3n) is 4.38. The summed E-state index contributed by atoms with van der Waals surface area (Å²) in [5, 5.41) is 0.953. The Morgan fingerprint density at radius 1 is 1.15 bits per heavy atom. The van der Waals surface area contributed by atoms with Crippen molar-refractivity contribution in [3.63, 3.8) is 0 Å². The quantitative estimate of drug-likeness (QED) is 0.532. The van der Waals surface area contributed by atoms with Crippen LogP contribution >= 0.6 is 11.8 Å².